The van der Waals surface area contributed by atoms with Gasteiger partial charge in [0.1, 0.15) is 5.82 Å². The molecule has 26 heavy (non-hydrogen) atoms. The standard InChI is InChI=1S/C19H15ClN4O2/c1-25-15-9-12-14(10-16(15)26-2)23-19(20)24-18(12)22-13-7-3-5-11-6-4-8-21-17(11)13/h3-10H,1-2H3,(H,22,23,24). The predicted molar refractivity (Wildman–Crippen MR) is 103 cm³/mol. The number of fused-ring (bicyclic) bond motifs is 2. The first kappa shape index (κ1) is 16.4. The molecule has 0 aliphatic rings. The Morgan fingerprint density at radius 1 is 0.962 bits per heavy atom. The molecule has 7 heteroatoms. The summed E-state index contributed by atoms with van der Waals surface area (Å²) in [6.07, 6.45) is 1.76. The fourth-order valence-electron chi connectivity index (χ4n) is 2.86. The van der Waals surface area contributed by atoms with Crippen LogP contribution < -0.4 is 14.8 Å². The number of nitrogens with zero attached hydrogens (tertiary/aromatic N) is 3. The average molecular weight is 367 g/mol. The van der Waals surface area contributed by atoms with Gasteiger partial charge < -0.3 is 14.8 Å². The molecule has 6 nitrogen and oxygen atoms in total. The number of aromatic nitrogens is 3. The number of ether oxygens (including phenoxy) is 2. The van der Waals surface area contributed by atoms with Crippen LogP contribution in [0.3, 0.4) is 0 Å². The molecule has 0 fully saturated rings. The minimum atomic E-state index is 0.139. The predicted octanol–water partition coefficient (Wildman–Crippen LogP) is 4.59. The first-order valence-electron chi connectivity index (χ1n) is 7.89. The molecule has 0 spiro atoms. The van der Waals surface area contributed by atoms with Gasteiger partial charge in [-0.25, -0.2) is 4.98 Å². The van der Waals surface area contributed by atoms with Crippen molar-refractivity contribution in [2.75, 3.05) is 19.5 Å². The maximum atomic E-state index is 6.13. The summed E-state index contributed by atoms with van der Waals surface area (Å²) < 4.78 is 10.7. The summed E-state index contributed by atoms with van der Waals surface area (Å²) in [7, 11) is 3.16. The van der Waals surface area contributed by atoms with Gasteiger partial charge in [-0.2, -0.15) is 4.98 Å². The van der Waals surface area contributed by atoms with E-state index in [0.717, 1.165) is 22.0 Å². The fourth-order valence-corrected chi connectivity index (χ4v) is 3.03. The van der Waals surface area contributed by atoms with Crippen molar-refractivity contribution in [2.45, 2.75) is 0 Å². The lowest BCUT2D eigenvalue weighted by Crippen LogP contribution is -2.00. The molecule has 0 amide bonds. The first-order chi connectivity index (χ1) is 12.7. The van der Waals surface area contributed by atoms with E-state index in [1.54, 1.807) is 26.5 Å². The fraction of sp³-hybridized carbons (Fsp3) is 0.105. The first-order valence-corrected chi connectivity index (χ1v) is 8.27. The summed E-state index contributed by atoms with van der Waals surface area (Å²) in [4.78, 5) is 13.1. The van der Waals surface area contributed by atoms with Gasteiger partial charge in [0.05, 0.1) is 30.9 Å². The van der Waals surface area contributed by atoms with E-state index in [4.69, 9.17) is 21.1 Å². The smallest absolute Gasteiger partial charge is 0.224 e. The van der Waals surface area contributed by atoms with E-state index >= 15 is 0 Å². The van der Waals surface area contributed by atoms with Crippen molar-refractivity contribution in [3.8, 4) is 11.5 Å². The lowest BCUT2D eigenvalue weighted by Gasteiger charge is -2.13. The molecule has 4 aromatic rings. The quantitative estimate of drug-likeness (QED) is 0.532. The third-order valence-corrected chi connectivity index (χ3v) is 4.23. The number of hydrogen-bond acceptors (Lipinski definition) is 6. The Balaban J connectivity index is 1.90. The number of rotatable bonds is 4. The number of anilines is 2. The van der Waals surface area contributed by atoms with E-state index in [1.807, 2.05) is 36.4 Å². The van der Waals surface area contributed by atoms with E-state index in [0.29, 0.717) is 22.8 Å². The Morgan fingerprint density at radius 2 is 1.73 bits per heavy atom. The largest absolute Gasteiger partial charge is 0.493 e. The monoisotopic (exact) mass is 366 g/mol. The van der Waals surface area contributed by atoms with Gasteiger partial charge in [-0.15, -0.1) is 0 Å². The van der Waals surface area contributed by atoms with Gasteiger partial charge in [-0.3, -0.25) is 4.98 Å². The summed E-state index contributed by atoms with van der Waals surface area (Å²) in [5.41, 5.74) is 2.32. The number of hydrogen-bond donors (Lipinski definition) is 1. The van der Waals surface area contributed by atoms with Crippen LogP contribution in [0.5, 0.6) is 11.5 Å². The highest BCUT2D eigenvalue weighted by Crippen LogP contribution is 2.36. The zero-order chi connectivity index (χ0) is 18.1. The Hall–Kier alpha value is -3.12. The van der Waals surface area contributed by atoms with E-state index < -0.39 is 0 Å². The summed E-state index contributed by atoms with van der Waals surface area (Å²) in [6.45, 7) is 0. The van der Waals surface area contributed by atoms with Crippen molar-refractivity contribution in [2.24, 2.45) is 0 Å². The molecule has 0 saturated heterocycles. The van der Waals surface area contributed by atoms with Crippen LogP contribution in [0.1, 0.15) is 0 Å². The van der Waals surface area contributed by atoms with Gasteiger partial charge in [0.25, 0.3) is 0 Å². The van der Waals surface area contributed by atoms with Crippen LogP contribution >= 0.6 is 11.6 Å². The number of benzene rings is 2. The van der Waals surface area contributed by atoms with Crippen LogP contribution in [0.25, 0.3) is 21.8 Å². The zero-order valence-electron chi connectivity index (χ0n) is 14.2. The Bertz CT molecular complexity index is 1110. The molecule has 2 aromatic carbocycles. The zero-order valence-corrected chi connectivity index (χ0v) is 14.9. The summed E-state index contributed by atoms with van der Waals surface area (Å²) in [5.74, 6) is 1.73. The molecule has 0 aliphatic heterocycles. The van der Waals surface area contributed by atoms with Crippen molar-refractivity contribution < 1.29 is 9.47 Å². The van der Waals surface area contributed by atoms with E-state index in [1.165, 1.54) is 0 Å². The molecular formula is C19H15ClN4O2. The van der Waals surface area contributed by atoms with Crippen molar-refractivity contribution in [1.29, 1.82) is 0 Å². The van der Waals surface area contributed by atoms with Gasteiger partial charge in [0.2, 0.25) is 5.28 Å². The maximum absolute atomic E-state index is 6.13. The normalized spacial score (nSPS) is 10.9. The molecule has 0 unspecified atom stereocenters. The highest BCUT2D eigenvalue weighted by atomic mass is 35.5. The highest BCUT2D eigenvalue weighted by molar-refractivity contribution is 6.29. The summed E-state index contributed by atoms with van der Waals surface area (Å²) >= 11 is 6.13. The van der Waals surface area contributed by atoms with Crippen LogP contribution in [0.4, 0.5) is 11.5 Å². The summed E-state index contributed by atoms with van der Waals surface area (Å²) in [6, 6.07) is 13.4. The van der Waals surface area contributed by atoms with Gasteiger partial charge >= 0.3 is 0 Å². The lowest BCUT2D eigenvalue weighted by atomic mass is 10.1. The van der Waals surface area contributed by atoms with Crippen LogP contribution in [-0.2, 0) is 0 Å². The summed E-state index contributed by atoms with van der Waals surface area (Å²) in [5, 5.41) is 5.26. The minimum Gasteiger partial charge on any atom is -0.493 e. The second-order valence-electron chi connectivity index (χ2n) is 5.57. The van der Waals surface area contributed by atoms with Crippen LogP contribution in [-0.4, -0.2) is 29.2 Å². The van der Waals surface area contributed by atoms with E-state index in [9.17, 15) is 0 Å². The molecular weight excluding hydrogens is 352 g/mol. The molecule has 2 aromatic heterocycles. The third-order valence-electron chi connectivity index (χ3n) is 4.06. The molecule has 0 atom stereocenters. The van der Waals surface area contributed by atoms with Crippen LogP contribution in [0.2, 0.25) is 5.28 Å². The molecule has 4 rings (SSSR count). The highest BCUT2D eigenvalue weighted by Gasteiger charge is 2.14. The molecule has 0 aliphatic carbocycles. The molecule has 1 N–H and O–H groups in total. The maximum Gasteiger partial charge on any atom is 0.224 e. The topological polar surface area (TPSA) is 69.2 Å². The number of pyridine rings is 1. The molecule has 2 heterocycles. The van der Waals surface area contributed by atoms with Gasteiger partial charge in [0.15, 0.2) is 11.5 Å². The van der Waals surface area contributed by atoms with Crippen molar-refractivity contribution in [3.63, 3.8) is 0 Å². The van der Waals surface area contributed by atoms with Gasteiger partial charge in [0, 0.05) is 23.0 Å². The molecule has 0 radical (unpaired) electrons. The number of nitrogens with one attached hydrogen (secondary N) is 1. The van der Waals surface area contributed by atoms with Gasteiger partial charge in [-0.1, -0.05) is 18.2 Å². The molecule has 130 valence electrons. The number of halogens is 1. The van der Waals surface area contributed by atoms with Crippen molar-refractivity contribution in [3.05, 3.63) is 53.9 Å². The van der Waals surface area contributed by atoms with E-state index in [-0.39, 0.29) is 5.28 Å². The second kappa shape index (κ2) is 6.65. The third kappa shape index (κ3) is 2.84. The van der Waals surface area contributed by atoms with E-state index in [2.05, 4.69) is 20.3 Å². The van der Waals surface area contributed by atoms with Crippen molar-refractivity contribution >= 4 is 44.9 Å². The van der Waals surface area contributed by atoms with Crippen LogP contribution in [0.15, 0.2) is 48.7 Å². The average Bonchev–Trinajstić information content (AvgIpc) is 2.67. The minimum absolute atomic E-state index is 0.139. The SMILES string of the molecule is COc1cc2nc(Cl)nc(Nc3cccc4cccnc34)c2cc1OC. The van der Waals surface area contributed by atoms with Gasteiger partial charge in [-0.05, 0) is 29.8 Å². The second-order valence-corrected chi connectivity index (χ2v) is 5.91. The molecule has 0 bridgehead atoms. The van der Waals surface area contributed by atoms with Crippen LogP contribution in [0, 0.1) is 0 Å². The Kier molecular flexibility index (Phi) is 4.18. The Labute approximate surface area is 154 Å². The molecule has 0 saturated carbocycles. The van der Waals surface area contributed by atoms with Crippen molar-refractivity contribution in [1.82, 2.24) is 15.0 Å². The Morgan fingerprint density at radius 3 is 2.54 bits per heavy atom. The lowest BCUT2D eigenvalue weighted by molar-refractivity contribution is 0.356. The number of para-hydroxylation sites is 1. The number of methoxy groups -OCH3 is 2.